The van der Waals surface area contributed by atoms with Crippen LogP contribution < -0.4 is 10.5 Å². The van der Waals surface area contributed by atoms with Gasteiger partial charge in [-0.2, -0.15) is 0 Å². The number of rotatable bonds is 3. The van der Waals surface area contributed by atoms with Crippen molar-refractivity contribution in [3.8, 4) is 11.5 Å². The molecule has 0 amide bonds. The van der Waals surface area contributed by atoms with Gasteiger partial charge in [0.05, 0.1) is 11.8 Å². The number of hydrogen-bond donors (Lipinski definition) is 2. The van der Waals surface area contributed by atoms with Gasteiger partial charge < -0.3 is 15.6 Å². The van der Waals surface area contributed by atoms with Gasteiger partial charge in [-0.3, -0.25) is 0 Å². The third kappa shape index (κ3) is 2.63. The number of hydrogen-bond acceptors (Lipinski definition) is 3. The molecular formula is C15H17NO2. The lowest BCUT2D eigenvalue weighted by Gasteiger charge is -2.14. The summed E-state index contributed by atoms with van der Waals surface area (Å²) >= 11 is 0. The van der Waals surface area contributed by atoms with Crippen LogP contribution in [0.4, 0.5) is 5.69 Å². The summed E-state index contributed by atoms with van der Waals surface area (Å²) in [5.41, 5.74) is 8.34. The van der Waals surface area contributed by atoms with Gasteiger partial charge in [0, 0.05) is 5.56 Å². The number of nitrogen functional groups attached to an aromatic ring is 1. The summed E-state index contributed by atoms with van der Waals surface area (Å²) in [6, 6.07) is 13.0. The maximum absolute atomic E-state index is 9.68. The Hall–Kier alpha value is -2.00. The van der Waals surface area contributed by atoms with Crippen LogP contribution in [-0.4, -0.2) is 5.11 Å². The van der Waals surface area contributed by atoms with E-state index in [1.54, 1.807) is 6.92 Å². The summed E-state index contributed by atoms with van der Waals surface area (Å²) < 4.78 is 5.77. The van der Waals surface area contributed by atoms with E-state index in [0.717, 1.165) is 11.1 Å². The standard InChI is InChI=1S/C15H17NO2/c1-10-7-8-15(13(16)9-10)18-14-6-4-3-5-12(14)11(2)17/h3-9,11,17H,16H2,1-2H3. The second-order valence-corrected chi connectivity index (χ2v) is 4.36. The monoisotopic (exact) mass is 243 g/mol. The summed E-state index contributed by atoms with van der Waals surface area (Å²) in [6.07, 6.45) is -0.576. The molecule has 0 saturated carbocycles. The van der Waals surface area contributed by atoms with Crippen molar-refractivity contribution in [3.05, 3.63) is 53.6 Å². The number of aryl methyl sites for hydroxylation is 1. The topological polar surface area (TPSA) is 55.5 Å². The van der Waals surface area contributed by atoms with Crippen molar-refractivity contribution in [2.45, 2.75) is 20.0 Å². The molecule has 0 radical (unpaired) electrons. The second kappa shape index (κ2) is 5.10. The number of aliphatic hydroxyl groups excluding tert-OH is 1. The highest BCUT2D eigenvalue weighted by Gasteiger charge is 2.10. The summed E-state index contributed by atoms with van der Waals surface area (Å²) in [7, 11) is 0. The van der Waals surface area contributed by atoms with Crippen LogP contribution in [0, 0.1) is 6.92 Å². The third-order valence-corrected chi connectivity index (χ3v) is 2.75. The lowest BCUT2D eigenvalue weighted by molar-refractivity contribution is 0.195. The van der Waals surface area contributed by atoms with Crippen LogP contribution in [0.2, 0.25) is 0 Å². The fraction of sp³-hybridized carbons (Fsp3) is 0.200. The van der Waals surface area contributed by atoms with Crippen molar-refractivity contribution in [3.63, 3.8) is 0 Å². The predicted molar refractivity (Wildman–Crippen MR) is 72.7 cm³/mol. The van der Waals surface area contributed by atoms with E-state index in [4.69, 9.17) is 10.5 Å². The van der Waals surface area contributed by atoms with Crippen LogP contribution in [0.1, 0.15) is 24.2 Å². The molecule has 0 fully saturated rings. The molecule has 3 N–H and O–H groups in total. The molecule has 1 unspecified atom stereocenters. The maximum atomic E-state index is 9.68. The fourth-order valence-electron chi connectivity index (χ4n) is 1.80. The molecule has 94 valence electrons. The normalized spacial score (nSPS) is 12.2. The molecule has 0 aromatic heterocycles. The van der Waals surface area contributed by atoms with Gasteiger partial charge in [0.2, 0.25) is 0 Å². The molecule has 3 nitrogen and oxygen atoms in total. The van der Waals surface area contributed by atoms with Crippen LogP contribution in [0.5, 0.6) is 11.5 Å². The zero-order chi connectivity index (χ0) is 13.1. The van der Waals surface area contributed by atoms with Crippen molar-refractivity contribution >= 4 is 5.69 Å². The lowest BCUT2D eigenvalue weighted by atomic mass is 10.1. The summed E-state index contributed by atoms with van der Waals surface area (Å²) in [5, 5.41) is 9.68. The highest BCUT2D eigenvalue weighted by atomic mass is 16.5. The van der Waals surface area contributed by atoms with E-state index in [1.165, 1.54) is 0 Å². The van der Waals surface area contributed by atoms with E-state index < -0.39 is 6.10 Å². The zero-order valence-corrected chi connectivity index (χ0v) is 10.6. The number of ether oxygens (including phenoxy) is 1. The molecule has 3 heteroatoms. The van der Waals surface area contributed by atoms with E-state index in [1.807, 2.05) is 49.4 Å². The Kier molecular flexibility index (Phi) is 3.53. The van der Waals surface area contributed by atoms with Crippen LogP contribution in [0.15, 0.2) is 42.5 Å². The molecule has 2 aromatic carbocycles. The Bertz CT molecular complexity index is 550. The van der Waals surface area contributed by atoms with Crippen molar-refractivity contribution in [1.29, 1.82) is 0 Å². The van der Waals surface area contributed by atoms with Crippen LogP contribution in [0.3, 0.4) is 0 Å². The first-order valence-electron chi connectivity index (χ1n) is 5.89. The van der Waals surface area contributed by atoms with Gasteiger partial charge >= 0.3 is 0 Å². The largest absolute Gasteiger partial charge is 0.455 e. The van der Waals surface area contributed by atoms with Crippen LogP contribution in [-0.2, 0) is 0 Å². The van der Waals surface area contributed by atoms with Gasteiger partial charge in [-0.1, -0.05) is 24.3 Å². The first-order valence-corrected chi connectivity index (χ1v) is 5.89. The van der Waals surface area contributed by atoms with E-state index in [0.29, 0.717) is 17.2 Å². The highest BCUT2D eigenvalue weighted by molar-refractivity contribution is 5.56. The molecule has 0 saturated heterocycles. The number of nitrogens with two attached hydrogens (primary N) is 1. The van der Waals surface area contributed by atoms with Gasteiger partial charge in [0.15, 0.2) is 0 Å². The molecule has 0 heterocycles. The predicted octanol–water partition coefficient (Wildman–Crippen LogP) is 3.42. The van der Waals surface area contributed by atoms with Crippen molar-refractivity contribution in [2.24, 2.45) is 0 Å². The quantitative estimate of drug-likeness (QED) is 0.812. The molecule has 2 aromatic rings. The minimum Gasteiger partial charge on any atom is -0.455 e. The molecular weight excluding hydrogens is 226 g/mol. The molecule has 18 heavy (non-hydrogen) atoms. The van der Waals surface area contributed by atoms with Gasteiger partial charge in [-0.05, 0) is 37.6 Å². The fourth-order valence-corrected chi connectivity index (χ4v) is 1.80. The Morgan fingerprint density at radius 3 is 2.50 bits per heavy atom. The van der Waals surface area contributed by atoms with E-state index >= 15 is 0 Å². The van der Waals surface area contributed by atoms with Gasteiger partial charge in [-0.25, -0.2) is 0 Å². The van der Waals surface area contributed by atoms with E-state index in [2.05, 4.69) is 0 Å². The zero-order valence-electron chi connectivity index (χ0n) is 10.6. The van der Waals surface area contributed by atoms with E-state index in [9.17, 15) is 5.11 Å². The number of aliphatic hydroxyl groups is 1. The third-order valence-electron chi connectivity index (χ3n) is 2.75. The molecule has 0 aliphatic carbocycles. The summed E-state index contributed by atoms with van der Waals surface area (Å²) in [6.45, 7) is 3.69. The molecule has 0 aliphatic rings. The second-order valence-electron chi connectivity index (χ2n) is 4.36. The van der Waals surface area contributed by atoms with Crippen LogP contribution >= 0.6 is 0 Å². The Morgan fingerprint density at radius 2 is 1.83 bits per heavy atom. The number of anilines is 1. The SMILES string of the molecule is Cc1ccc(Oc2ccccc2C(C)O)c(N)c1. The molecule has 0 spiro atoms. The Morgan fingerprint density at radius 1 is 1.11 bits per heavy atom. The molecule has 2 rings (SSSR count). The smallest absolute Gasteiger partial charge is 0.150 e. The Balaban J connectivity index is 2.34. The summed E-state index contributed by atoms with van der Waals surface area (Å²) in [5.74, 6) is 1.23. The van der Waals surface area contributed by atoms with Crippen molar-refractivity contribution < 1.29 is 9.84 Å². The number of para-hydroxylation sites is 1. The minimum absolute atomic E-state index is 0.576. The average Bonchev–Trinajstić information content (AvgIpc) is 2.33. The van der Waals surface area contributed by atoms with Crippen molar-refractivity contribution in [1.82, 2.24) is 0 Å². The van der Waals surface area contributed by atoms with Gasteiger partial charge in [-0.15, -0.1) is 0 Å². The van der Waals surface area contributed by atoms with Gasteiger partial charge in [0.25, 0.3) is 0 Å². The molecule has 1 atom stereocenters. The molecule has 0 aliphatic heterocycles. The first-order chi connectivity index (χ1) is 8.58. The molecule has 0 bridgehead atoms. The minimum atomic E-state index is -0.576. The Labute approximate surface area is 107 Å². The summed E-state index contributed by atoms with van der Waals surface area (Å²) in [4.78, 5) is 0. The van der Waals surface area contributed by atoms with E-state index in [-0.39, 0.29) is 0 Å². The van der Waals surface area contributed by atoms with Crippen molar-refractivity contribution in [2.75, 3.05) is 5.73 Å². The highest BCUT2D eigenvalue weighted by Crippen LogP contribution is 2.32. The van der Waals surface area contributed by atoms with Crippen LogP contribution in [0.25, 0.3) is 0 Å². The first kappa shape index (κ1) is 12.5. The van der Waals surface area contributed by atoms with Gasteiger partial charge in [0.1, 0.15) is 11.5 Å². The lowest BCUT2D eigenvalue weighted by Crippen LogP contribution is -1.98. The number of benzene rings is 2. The maximum Gasteiger partial charge on any atom is 0.150 e. The average molecular weight is 243 g/mol.